The van der Waals surface area contributed by atoms with Crippen LogP contribution in [0.15, 0.2) is 37.0 Å². The molecule has 3 N–H and O–H groups in total. The lowest BCUT2D eigenvalue weighted by Gasteiger charge is -2.12. The molecule has 0 radical (unpaired) electrons. The number of alkyl halides is 3. The molecule has 0 aliphatic heterocycles. The van der Waals surface area contributed by atoms with Crippen molar-refractivity contribution in [1.82, 2.24) is 14.6 Å². The van der Waals surface area contributed by atoms with Gasteiger partial charge in [0.05, 0.1) is 5.56 Å². The van der Waals surface area contributed by atoms with Gasteiger partial charge < -0.3 is 11.1 Å². The van der Waals surface area contributed by atoms with Gasteiger partial charge in [-0.05, 0) is 54.8 Å². The first-order valence-corrected chi connectivity index (χ1v) is 7.87. The molecule has 5 nitrogen and oxygen atoms in total. The molecular weight excluding hydrogens is 343 g/mol. The predicted octanol–water partition coefficient (Wildman–Crippen LogP) is 4.28. The fourth-order valence-corrected chi connectivity index (χ4v) is 2.64. The molecule has 0 saturated carbocycles. The summed E-state index contributed by atoms with van der Waals surface area (Å²) in [7, 11) is 0. The van der Waals surface area contributed by atoms with E-state index in [4.69, 9.17) is 5.73 Å². The van der Waals surface area contributed by atoms with Crippen molar-refractivity contribution < 1.29 is 13.2 Å². The average molecular weight is 361 g/mol. The van der Waals surface area contributed by atoms with Gasteiger partial charge in [0.2, 0.25) is 0 Å². The minimum atomic E-state index is -4.44. The maximum absolute atomic E-state index is 12.9. The smallest absolute Gasteiger partial charge is 0.399 e. The van der Waals surface area contributed by atoms with E-state index >= 15 is 0 Å². The summed E-state index contributed by atoms with van der Waals surface area (Å²) in [5.41, 5.74) is 7.82. The van der Waals surface area contributed by atoms with E-state index in [-0.39, 0.29) is 12.2 Å². The molecule has 0 fully saturated rings. The van der Waals surface area contributed by atoms with Crippen molar-refractivity contribution in [3.05, 3.63) is 59.6 Å². The van der Waals surface area contributed by atoms with Gasteiger partial charge in [-0.2, -0.15) is 18.3 Å². The van der Waals surface area contributed by atoms with Gasteiger partial charge in [-0.25, -0.2) is 9.50 Å². The van der Waals surface area contributed by atoms with Gasteiger partial charge in [0.1, 0.15) is 11.3 Å². The quantitative estimate of drug-likeness (QED) is 0.681. The molecule has 0 spiro atoms. The molecule has 0 aliphatic rings. The molecule has 8 heteroatoms. The number of hydrogen-bond donors (Lipinski definition) is 2. The number of hydrogen-bond acceptors (Lipinski definition) is 4. The normalized spacial score (nSPS) is 11.7. The Hall–Kier alpha value is -3.03. The van der Waals surface area contributed by atoms with Crippen molar-refractivity contribution in [3.8, 4) is 0 Å². The average Bonchev–Trinajstić information content (AvgIpc) is 2.95. The summed E-state index contributed by atoms with van der Waals surface area (Å²) < 4.78 is 40.5. The van der Waals surface area contributed by atoms with E-state index in [1.54, 1.807) is 11.4 Å². The molecule has 2 heterocycles. The van der Waals surface area contributed by atoms with E-state index in [0.717, 1.165) is 23.3 Å². The summed E-state index contributed by atoms with van der Waals surface area (Å²) in [4.78, 5) is 4.36. The second kappa shape index (κ2) is 6.36. The van der Waals surface area contributed by atoms with Crippen molar-refractivity contribution in [1.29, 1.82) is 0 Å². The Labute approximate surface area is 148 Å². The molecule has 26 heavy (non-hydrogen) atoms. The van der Waals surface area contributed by atoms with Gasteiger partial charge in [0.25, 0.3) is 0 Å². The van der Waals surface area contributed by atoms with Gasteiger partial charge in [0, 0.05) is 18.4 Å². The summed E-state index contributed by atoms with van der Waals surface area (Å²) in [6, 6.07) is 5.38. The third-order valence-corrected chi connectivity index (χ3v) is 3.86. The lowest BCUT2D eigenvalue weighted by atomic mass is 10.1. The lowest BCUT2D eigenvalue weighted by molar-refractivity contribution is -0.137. The maximum atomic E-state index is 12.9. The van der Waals surface area contributed by atoms with Crippen LogP contribution in [0.5, 0.6) is 0 Å². The van der Waals surface area contributed by atoms with E-state index < -0.39 is 11.7 Å². The van der Waals surface area contributed by atoms with E-state index in [0.29, 0.717) is 22.7 Å². The molecule has 0 unspecified atom stereocenters. The number of aryl methyl sites for hydroxylation is 1. The first-order valence-electron chi connectivity index (χ1n) is 7.87. The molecule has 3 aromatic rings. The van der Waals surface area contributed by atoms with E-state index in [9.17, 15) is 13.2 Å². The number of anilines is 2. The van der Waals surface area contributed by atoms with E-state index in [2.05, 4.69) is 22.0 Å². The van der Waals surface area contributed by atoms with Crippen LogP contribution >= 0.6 is 0 Å². The Bertz CT molecular complexity index is 988. The highest BCUT2D eigenvalue weighted by molar-refractivity contribution is 5.75. The van der Waals surface area contributed by atoms with Crippen LogP contribution in [0, 0.1) is 6.92 Å². The van der Waals surface area contributed by atoms with Crippen LogP contribution in [-0.2, 0) is 12.7 Å². The first-order chi connectivity index (χ1) is 12.1. The van der Waals surface area contributed by atoms with Gasteiger partial charge in [-0.3, -0.25) is 0 Å². The number of nitrogens with two attached hydrogens (primary N) is 1. The number of fused-ring (bicyclic) bond motifs is 1. The largest absolute Gasteiger partial charge is 0.416 e. The van der Waals surface area contributed by atoms with Crippen molar-refractivity contribution in [2.45, 2.75) is 26.6 Å². The SMILES string of the molecule is C=C(C)c1cc2c(NCc3cc(N)cc(C(F)(F)F)c3)nc(C)nn2c1. The zero-order valence-electron chi connectivity index (χ0n) is 14.4. The fraction of sp³-hybridized carbons (Fsp3) is 0.222. The molecule has 0 atom stereocenters. The standard InChI is InChI=1S/C18H18F3N5/c1-10(2)13-6-16-17(24-11(3)25-26(16)9-13)23-8-12-4-14(18(19,20)21)7-15(22)5-12/h4-7,9H,1,8,22H2,2-3H3,(H,23,24,25). The van der Waals surface area contributed by atoms with Crippen molar-refractivity contribution in [3.63, 3.8) is 0 Å². The van der Waals surface area contributed by atoms with E-state index in [1.165, 1.54) is 6.07 Å². The third kappa shape index (κ3) is 3.63. The van der Waals surface area contributed by atoms with Crippen LogP contribution in [0.1, 0.15) is 29.4 Å². The highest BCUT2D eigenvalue weighted by Gasteiger charge is 2.31. The Kier molecular flexibility index (Phi) is 4.35. The fourth-order valence-electron chi connectivity index (χ4n) is 2.64. The number of halogens is 3. The number of nitrogen functional groups attached to an aromatic ring is 1. The van der Waals surface area contributed by atoms with Gasteiger partial charge >= 0.3 is 6.18 Å². The molecule has 3 rings (SSSR count). The highest BCUT2D eigenvalue weighted by atomic mass is 19.4. The Morgan fingerprint density at radius 1 is 1.27 bits per heavy atom. The Morgan fingerprint density at radius 3 is 2.65 bits per heavy atom. The van der Waals surface area contributed by atoms with Crippen LogP contribution < -0.4 is 11.1 Å². The monoisotopic (exact) mass is 361 g/mol. The molecule has 1 aromatic carbocycles. The summed E-state index contributed by atoms with van der Waals surface area (Å²) in [5, 5.41) is 7.39. The molecule has 0 aliphatic carbocycles. The highest BCUT2D eigenvalue weighted by Crippen LogP contribution is 2.31. The number of allylic oxidation sites excluding steroid dienone is 1. The Balaban J connectivity index is 1.93. The maximum Gasteiger partial charge on any atom is 0.416 e. The first kappa shape index (κ1) is 17.8. The van der Waals surface area contributed by atoms with Crippen molar-refractivity contribution in [2.75, 3.05) is 11.1 Å². The molecule has 0 amide bonds. The minimum Gasteiger partial charge on any atom is -0.399 e. The number of benzene rings is 1. The number of aromatic nitrogens is 3. The zero-order valence-corrected chi connectivity index (χ0v) is 14.4. The van der Waals surface area contributed by atoms with Crippen LogP contribution in [-0.4, -0.2) is 14.6 Å². The predicted molar refractivity (Wildman–Crippen MR) is 95.6 cm³/mol. The van der Waals surface area contributed by atoms with Crippen LogP contribution in [0.2, 0.25) is 0 Å². The van der Waals surface area contributed by atoms with E-state index in [1.807, 2.05) is 19.2 Å². The number of nitrogens with one attached hydrogen (secondary N) is 1. The van der Waals surface area contributed by atoms with Crippen LogP contribution in [0.25, 0.3) is 11.1 Å². The molecule has 0 bridgehead atoms. The van der Waals surface area contributed by atoms with Crippen molar-refractivity contribution in [2.24, 2.45) is 0 Å². The summed E-state index contributed by atoms with van der Waals surface area (Å²) in [6.07, 6.45) is -2.61. The molecular formula is C18H18F3N5. The Morgan fingerprint density at radius 2 is 2.00 bits per heavy atom. The molecule has 136 valence electrons. The van der Waals surface area contributed by atoms with Crippen molar-refractivity contribution >= 4 is 22.6 Å². The zero-order chi connectivity index (χ0) is 19.1. The number of rotatable bonds is 4. The molecule has 0 saturated heterocycles. The summed E-state index contributed by atoms with van der Waals surface area (Å²) in [6.45, 7) is 7.68. The topological polar surface area (TPSA) is 68.2 Å². The van der Waals surface area contributed by atoms with Gasteiger partial charge in [0.15, 0.2) is 5.82 Å². The summed E-state index contributed by atoms with van der Waals surface area (Å²) in [5.74, 6) is 1.06. The molecule has 2 aromatic heterocycles. The van der Waals surface area contributed by atoms with Crippen LogP contribution in [0.4, 0.5) is 24.7 Å². The van der Waals surface area contributed by atoms with Gasteiger partial charge in [-0.1, -0.05) is 6.58 Å². The number of nitrogens with zero attached hydrogens (tertiary/aromatic N) is 3. The van der Waals surface area contributed by atoms with Crippen LogP contribution in [0.3, 0.4) is 0 Å². The second-order valence-electron chi connectivity index (χ2n) is 6.16. The summed E-state index contributed by atoms with van der Waals surface area (Å²) >= 11 is 0. The second-order valence-corrected chi connectivity index (χ2v) is 6.16. The lowest BCUT2D eigenvalue weighted by Crippen LogP contribution is -2.10. The van der Waals surface area contributed by atoms with Gasteiger partial charge in [-0.15, -0.1) is 0 Å². The minimum absolute atomic E-state index is 0.0629. The third-order valence-electron chi connectivity index (χ3n) is 3.86.